The molecule has 27 heavy (non-hydrogen) atoms. The van der Waals surface area contributed by atoms with Gasteiger partial charge in [0.05, 0.1) is 11.2 Å². The van der Waals surface area contributed by atoms with E-state index in [4.69, 9.17) is 19.2 Å². The van der Waals surface area contributed by atoms with Crippen molar-refractivity contribution in [1.29, 1.82) is 0 Å². The van der Waals surface area contributed by atoms with E-state index in [2.05, 4.69) is 5.32 Å². The highest BCUT2D eigenvalue weighted by Gasteiger charge is 2.52. The lowest BCUT2D eigenvalue weighted by atomic mass is 9.74. The molecule has 1 fully saturated rings. The zero-order valence-corrected chi connectivity index (χ0v) is 15.8. The highest BCUT2D eigenvalue weighted by molar-refractivity contribution is 6.62. The fourth-order valence-corrected chi connectivity index (χ4v) is 3.36. The van der Waals surface area contributed by atoms with E-state index in [0.717, 1.165) is 22.3 Å². The number of carbonyl (C=O) groups is 1. The first kappa shape index (κ1) is 17.9. The molecule has 0 saturated carbocycles. The minimum Gasteiger partial charge on any atom is -0.465 e. The van der Waals surface area contributed by atoms with Gasteiger partial charge in [0.15, 0.2) is 0 Å². The maximum Gasteiger partial charge on any atom is 0.495 e. The zero-order valence-electron chi connectivity index (χ0n) is 15.8. The molecular formula is C20H22BNO5. The van der Waals surface area contributed by atoms with E-state index in [1.54, 1.807) is 12.1 Å². The molecular weight excluding hydrogens is 345 g/mol. The van der Waals surface area contributed by atoms with E-state index in [1.807, 2.05) is 52.0 Å². The van der Waals surface area contributed by atoms with Gasteiger partial charge in [0.1, 0.15) is 11.5 Å². The second-order valence-electron chi connectivity index (χ2n) is 7.94. The average molecular weight is 367 g/mol. The van der Waals surface area contributed by atoms with Crippen molar-refractivity contribution >= 4 is 24.4 Å². The second-order valence-corrected chi connectivity index (χ2v) is 7.94. The normalized spacial score (nSPS) is 19.0. The first-order valence-corrected chi connectivity index (χ1v) is 8.94. The molecule has 2 aliphatic heterocycles. The van der Waals surface area contributed by atoms with Gasteiger partial charge >= 0.3 is 13.2 Å². The van der Waals surface area contributed by atoms with Crippen molar-refractivity contribution in [2.45, 2.75) is 45.3 Å². The Morgan fingerprint density at radius 3 is 2.44 bits per heavy atom. The third-order valence-corrected chi connectivity index (χ3v) is 5.58. The zero-order chi connectivity index (χ0) is 19.4. The van der Waals surface area contributed by atoms with Crippen LogP contribution in [-0.4, -0.2) is 29.5 Å². The summed E-state index contributed by atoms with van der Waals surface area (Å²) >= 11 is 0. The Morgan fingerprint density at radius 1 is 1.07 bits per heavy atom. The van der Waals surface area contributed by atoms with Crippen molar-refractivity contribution in [3.63, 3.8) is 0 Å². The topological polar surface area (TPSA) is 77.0 Å². The molecule has 0 atom stereocenters. The van der Waals surface area contributed by atoms with Crippen LogP contribution >= 0.6 is 0 Å². The SMILES string of the molecule is CC1(C)OB(c2cccc3c2Cc2ccc(NC(=O)O)cc2O3)OC1(C)C. The lowest BCUT2D eigenvalue weighted by Gasteiger charge is -2.32. The molecule has 0 aromatic heterocycles. The molecule has 140 valence electrons. The second kappa shape index (κ2) is 6.01. The van der Waals surface area contributed by atoms with Gasteiger partial charge in [-0.1, -0.05) is 18.2 Å². The van der Waals surface area contributed by atoms with Crippen LogP contribution in [0.3, 0.4) is 0 Å². The molecule has 1 amide bonds. The van der Waals surface area contributed by atoms with E-state index in [1.165, 1.54) is 0 Å². The van der Waals surface area contributed by atoms with Gasteiger partial charge in [-0.05, 0) is 56.4 Å². The van der Waals surface area contributed by atoms with Crippen LogP contribution in [0.1, 0.15) is 38.8 Å². The Morgan fingerprint density at radius 2 is 1.78 bits per heavy atom. The van der Waals surface area contributed by atoms with E-state index in [9.17, 15) is 4.79 Å². The molecule has 4 rings (SSSR count). The summed E-state index contributed by atoms with van der Waals surface area (Å²) in [4.78, 5) is 10.9. The number of nitrogens with one attached hydrogen (secondary N) is 1. The molecule has 0 aliphatic carbocycles. The van der Waals surface area contributed by atoms with Crippen molar-refractivity contribution in [2.24, 2.45) is 0 Å². The van der Waals surface area contributed by atoms with E-state index in [0.29, 0.717) is 17.9 Å². The van der Waals surface area contributed by atoms with Crippen molar-refractivity contribution in [1.82, 2.24) is 0 Å². The summed E-state index contributed by atoms with van der Waals surface area (Å²) in [7, 11) is -0.456. The summed E-state index contributed by atoms with van der Waals surface area (Å²) in [5.74, 6) is 1.39. The number of hydrogen-bond donors (Lipinski definition) is 2. The first-order valence-electron chi connectivity index (χ1n) is 8.94. The molecule has 0 unspecified atom stereocenters. The minimum atomic E-state index is -1.10. The molecule has 2 aromatic carbocycles. The smallest absolute Gasteiger partial charge is 0.465 e. The van der Waals surface area contributed by atoms with Crippen LogP contribution in [0.25, 0.3) is 0 Å². The predicted molar refractivity (Wildman–Crippen MR) is 103 cm³/mol. The molecule has 2 aliphatic rings. The molecule has 0 spiro atoms. The number of carboxylic acid groups (broad SMARTS) is 1. The number of anilines is 1. The monoisotopic (exact) mass is 367 g/mol. The van der Waals surface area contributed by atoms with Gasteiger partial charge in [-0.15, -0.1) is 0 Å². The molecule has 0 bridgehead atoms. The molecule has 2 aromatic rings. The number of hydrogen-bond acceptors (Lipinski definition) is 4. The Labute approximate surface area is 158 Å². The van der Waals surface area contributed by atoms with Gasteiger partial charge in [0, 0.05) is 18.2 Å². The summed E-state index contributed by atoms with van der Waals surface area (Å²) in [5.41, 5.74) is 2.64. The van der Waals surface area contributed by atoms with Gasteiger partial charge in [-0.3, -0.25) is 5.32 Å². The fraction of sp³-hybridized carbons (Fsp3) is 0.350. The molecule has 7 heteroatoms. The third-order valence-electron chi connectivity index (χ3n) is 5.58. The Kier molecular flexibility index (Phi) is 3.98. The highest BCUT2D eigenvalue weighted by Crippen LogP contribution is 2.40. The lowest BCUT2D eigenvalue weighted by molar-refractivity contribution is 0.00578. The quantitative estimate of drug-likeness (QED) is 0.675. The fourth-order valence-electron chi connectivity index (χ4n) is 3.36. The summed E-state index contributed by atoms with van der Waals surface area (Å²) in [6.45, 7) is 8.13. The lowest BCUT2D eigenvalue weighted by Crippen LogP contribution is -2.41. The Hall–Kier alpha value is -2.51. The largest absolute Gasteiger partial charge is 0.495 e. The number of amides is 1. The maximum atomic E-state index is 10.9. The third kappa shape index (κ3) is 3.07. The molecule has 1 saturated heterocycles. The van der Waals surface area contributed by atoms with Crippen molar-refractivity contribution in [3.8, 4) is 11.5 Å². The van der Waals surface area contributed by atoms with Crippen molar-refractivity contribution in [2.75, 3.05) is 5.32 Å². The standard InChI is InChI=1S/C20H22BNO5/c1-19(2)20(3,4)27-21(26-19)15-6-5-7-16-14(15)10-12-8-9-13(22-18(23)24)11-17(12)25-16/h5-9,11,22H,10H2,1-4H3,(H,23,24). The van der Waals surface area contributed by atoms with Crippen LogP contribution < -0.4 is 15.5 Å². The van der Waals surface area contributed by atoms with Gasteiger partial charge in [0.25, 0.3) is 0 Å². The van der Waals surface area contributed by atoms with Gasteiger partial charge in [0.2, 0.25) is 0 Å². The number of rotatable bonds is 2. The van der Waals surface area contributed by atoms with Crippen LogP contribution in [0.15, 0.2) is 36.4 Å². The van der Waals surface area contributed by atoms with E-state index >= 15 is 0 Å². The molecule has 6 nitrogen and oxygen atoms in total. The van der Waals surface area contributed by atoms with Crippen molar-refractivity contribution < 1.29 is 23.9 Å². The van der Waals surface area contributed by atoms with Crippen LogP contribution in [0.4, 0.5) is 10.5 Å². The Balaban J connectivity index is 1.67. The summed E-state index contributed by atoms with van der Waals surface area (Å²) < 4.78 is 18.5. The van der Waals surface area contributed by atoms with Crippen LogP contribution in [0.2, 0.25) is 0 Å². The summed E-state index contributed by atoms with van der Waals surface area (Å²) in [6.07, 6.45) is -0.438. The minimum absolute atomic E-state index is 0.411. The van der Waals surface area contributed by atoms with Gasteiger partial charge < -0.3 is 19.2 Å². The highest BCUT2D eigenvalue weighted by atomic mass is 16.7. The molecule has 0 radical (unpaired) electrons. The Bertz CT molecular complexity index is 909. The maximum absolute atomic E-state index is 10.9. The average Bonchev–Trinajstić information content (AvgIpc) is 2.79. The predicted octanol–water partition coefficient (Wildman–Crippen LogP) is 3.77. The molecule has 2 N–H and O–H groups in total. The number of benzene rings is 2. The molecule has 2 heterocycles. The van der Waals surface area contributed by atoms with E-state index < -0.39 is 24.4 Å². The van der Waals surface area contributed by atoms with Crippen molar-refractivity contribution in [3.05, 3.63) is 47.5 Å². The summed E-state index contributed by atoms with van der Waals surface area (Å²) in [5, 5.41) is 11.2. The summed E-state index contributed by atoms with van der Waals surface area (Å²) in [6, 6.07) is 11.2. The van der Waals surface area contributed by atoms with Crippen LogP contribution in [0.5, 0.6) is 11.5 Å². The van der Waals surface area contributed by atoms with Crippen LogP contribution in [-0.2, 0) is 15.7 Å². The number of fused-ring (bicyclic) bond motifs is 2. The van der Waals surface area contributed by atoms with Gasteiger partial charge in [-0.25, -0.2) is 4.79 Å². The van der Waals surface area contributed by atoms with E-state index in [-0.39, 0.29) is 0 Å². The number of ether oxygens (including phenoxy) is 1. The van der Waals surface area contributed by atoms with Crippen LogP contribution in [0, 0.1) is 0 Å². The first-order chi connectivity index (χ1) is 12.7. The van der Waals surface area contributed by atoms with Gasteiger partial charge in [-0.2, -0.15) is 0 Å².